The van der Waals surface area contributed by atoms with Gasteiger partial charge in [-0.2, -0.15) is 0 Å². The molecule has 1 aliphatic heterocycles. The summed E-state index contributed by atoms with van der Waals surface area (Å²) in [5, 5.41) is 12.5. The van der Waals surface area contributed by atoms with E-state index in [9.17, 15) is 14.9 Å². The summed E-state index contributed by atoms with van der Waals surface area (Å²) in [4.78, 5) is 31.1. The molecule has 0 radical (unpaired) electrons. The second-order valence-electron chi connectivity index (χ2n) is 9.76. The van der Waals surface area contributed by atoms with Gasteiger partial charge in [-0.3, -0.25) is 19.8 Å². The predicted octanol–water partition coefficient (Wildman–Crippen LogP) is 9.68. The van der Waals surface area contributed by atoms with Gasteiger partial charge >= 0.3 is 0 Å². The van der Waals surface area contributed by atoms with Gasteiger partial charge in [0.25, 0.3) is 11.6 Å². The Labute approximate surface area is 276 Å². The van der Waals surface area contributed by atoms with E-state index < -0.39 is 4.92 Å². The number of benzene rings is 4. The zero-order chi connectivity index (χ0) is 31.5. The number of nitro groups is 1. The third kappa shape index (κ3) is 6.94. The van der Waals surface area contributed by atoms with Crippen molar-refractivity contribution in [2.45, 2.75) is 20.5 Å². The van der Waals surface area contributed by atoms with Crippen LogP contribution in [0.15, 0.2) is 87.2 Å². The molecular formula is C32H24BrCl2N3O5S. The maximum Gasteiger partial charge on any atom is 0.271 e. The third-order valence-corrected chi connectivity index (χ3v) is 9.05. The van der Waals surface area contributed by atoms with E-state index in [1.54, 1.807) is 36.4 Å². The Hall–Kier alpha value is -3.83. The van der Waals surface area contributed by atoms with E-state index >= 15 is 0 Å². The Kier molecular flexibility index (Phi) is 9.65. The zero-order valence-corrected chi connectivity index (χ0v) is 27.6. The molecule has 0 unspecified atom stereocenters. The molecular weight excluding hydrogens is 689 g/mol. The summed E-state index contributed by atoms with van der Waals surface area (Å²) in [6, 6.07) is 20.6. The quantitative estimate of drug-likeness (QED) is 0.103. The van der Waals surface area contributed by atoms with Gasteiger partial charge < -0.3 is 9.47 Å². The Morgan fingerprint density at radius 1 is 1.00 bits per heavy atom. The number of nitro benzene ring substituents is 1. The number of ether oxygens (including phenoxy) is 2. The van der Waals surface area contributed by atoms with Crippen LogP contribution in [-0.2, 0) is 11.4 Å². The van der Waals surface area contributed by atoms with E-state index in [0.29, 0.717) is 53.0 Å². The minimum atomic E-state index is -0.451. The molecule has 4 aromatic carbocycles. The molecule has 8 nitrogen and oxygen atoms in total. The van der Waals surface area contributed by atoms with E-state index in [1.165, 1.54) is 35.9 Å². The number of carbonyl (C=O) groups excluding carboxylic acids is 1. The van der Waals surface area contributed by atoms with Crippen LogP contribution in [-0.4, -0.2) is 23.1 Å². The fourth-order valence-corrected chi connectivity index (χ4v) is 6.17. The first kappa shape index (κ1) is 31.6. The van der Waals surface area contributed by atoms with Crippen LogP contribution in [0.25, 0.3) is 6.08 Å². The van der Waals surface area contributed by atoms with Crippen LogP contribution in [0.1, 0.15) is 22.3 Å². The van der Waals surface area contributed by atoms with Crippen molar-refractivity contribution in [1.29, 1.82) is 0 Å². The first-order chi connectivity index (χ1) is 21.0. The molecule has 1 aliphatic rings. The summed E-state index contributed by atoms with van der Waals surface area (Å²) in [7, 11) is 1.52. The van der Waals surface area contributed by atoms with Crippen LogP contribution >= 0.6 is 50.9 Å². The van der Waals surface area contributed by atoms with E-state index in [2.05, 4.69) is 15.9 Å². The SMILES string of the molecule is COc1cc(/C=C2/SC(=Nc3ccc(C)c(Cl)c3)N(c3ccc(C)c(Cl)c3)C2=O)cc(Br)c1OCc1ccc([N+](=O)[O-])cc1. The molecule has 12 heteroatoms. The highest BCUT2D eigenvalue weighted by atomic mass is 79.9. The van der Waals surface area contributed by atoms with Crippen LogP contribution in [0, 0.1) is 24.0 Å². The standard InChI is InChI=1S/C32H24BrCl2N3O5S/c1-18-4-8-22(15-26(18)34)36-32-37(24-9-5-19(2)27(35)16-24)31(39)29(44-32)14-21-12-25(33)30(28(13-21)42-3)43-17-20-6-10-23(11-7-20)38(40)41/h4-16H,17H2,1-3H3/b29-14+,36-32?. The molecule has 1 saturated heterocycles. The van der Waals surface area contributed by atoms with Gasteiger partial charge in [-0.1, -0.05) is 35.3 Å². The molecule has 44 heavy (non-hydrogen) atoms. The van der Waals surface area contributed by atoms with Crippen LogP contribution < -0.4 is 14.4 Å². The average Bonchev–Trinajstić information content (AvgIpc) is 3.29. The average molecular weight is 713 g/mol. The highest BCUT2D eigenvalue weighted by Gasteiger charge is 2.35. The number of carbonyl (C=O) groups is 1. The van der Waals surface area contributed by atoms with Gasteiger partial charge in [-0.15, -0.1) is 0 Å². The van der Waals surface area contributed by atoms with Crippen molar-refractivity contribution in [2.24, 2.45) is 4.99 Å². The molecule has 0 spiro atoms. The van der Waals surface area contributed by atoms with E-state index in [0.717, 1.165) is 16.7 Å². The number of aliphatic imine (C=N–C) groups is 1. The monoisotopic (exact) mass is 711 g/mol. The van der Waals surface area contributed by atoms with E-state index in [1.807, 2.05) is 44.2 Å². The van der Waals surface area contributed by atoms with Crippen molar-refractivity contribution in [1.82, 2.24) is 0 Å². The van der Waals surface area contributed by atoms with E-state index in [-0.39, 0.29) is 18.2 Å². The number of nitrogens with zero attached hydrogens (tertiary/aromatic N) is 3. The van der Waals surface area contributed by atoms with Gasteiger partial charge in [0.1, 0.15) is 6.61 Å². The summed E-state index contributed by atoms with van der Waals surface area (Å²) in [5.41, 5.74) is 4.46. The number of hydrogen-bond acceptors (Lipinski definition) is 7. The van der Waals surface area contributed by atoms with Gasteiger partial charge in [0, 0.05) is 22.2 Å². The molecule has 0 bridgehead atoms. The molecule has 1 heterocycles. The fraction of sp³-hybridized carbons (Fsp3) is 0.125. The minimum absolute atomic E-state index is 0.00383. The maximum atomic E-state index is 13.8. The van der Waals surface area contributed by atoms with Gasteiger partial charge in [0.15, 0.2) is 16.7 Å². The number of amidine groups is 1. The number of anilines is 1. The summed E-state index contributed by atoms with van der Waals surface area (Å²) in [6.45, 7) is 3.97. The second kappa shape index (κ2) is 13.4. The Balaban J connectivity index is 1.47. The summed E-state index contributed by atoms with van der Waals surface area (Å²) in [5.74, 6) is 0.627. The molecule has 0 atom stereocenters. The zero-order valence-electron chi connectivity index (χ0n) is 23.6. The van der Waals surface area contributed by atoms with Crippen molar-refractivity contribution < 1.29 is 19.2 Å². The molecule has 0 saturated carbocycles. The number of amides is 1. The lowest BCUT2D eigenvalue weighted by atomic mass is 10.1. The number of thioether (sulfide) groups is 1. The molecule has 0 N–H and O–H groups in total. The van der Waals surface area contributed by atoms with Crippen molar-refractivity contribution in [3.8, 4) is 11.5 Å². The van der Waals surface area contributed by atoms with Crippen molar-refractivity contribution >= 4 is 85.1 Å². The van der Waals surface area contributed by atoms with Gasteiger partial charge in [0.05, 0.1) is 32.8 Å². The number of halogens is 3. The number of aryl methyl sites for hydroxylation is 2. The van der Waals surface area contributed by atoms with Crippen molar-refractivity contribution in [3.63, 3.8) is 0 Å². The molecule has 5 rings (SSSR count). The van der Waals surface area contributed by atoms with Crippen LogP contribution in [0.5, 0.6) is 11.5 Å². The summed E-state index contributed by atoms with van der Waals surface area (Å²) in [6.07, 6.45) is 1.76. The number of rotatable bonds is 8. The second-order valence-corrected chi connectivity index (χ2v) is 12.4. The minimum Gasteiger partial charge on any atom is -0.493 e. The molecule has 1 amide bonds. The van der Waals surface area contributed by atoms with Gasteiger partial charge in [0.2, 0.25) is 0 Å². The lowest BCUT2D eigenvalue weighted by Gasteiger charge is -2.17. The van der Waals surface area contributed by atoms with Crippen LogP contribution in [0.2, 0.25) is 10.0 Å². The van der Waals surface area contributed by atoms with Crippen molar-refractivity contribution in [2.75, 3.05) is 12.0 Å². The molecule has 1 fully saturated rings. The smallest absolute Gasteiger partial charge is 0.271 e. The molecule has 0 aromatic heterocycles. The van der Waals surface area contributed by atoms with Crippen LogP contribution in [0.4, 0.5) is 17.1 Å². The number of hydrogen-bond donors (Lipinski definition) is 0. The first-order valence-electron chi connectivity index (χ1n) is 13.1. The highest BCUT2D eigenvalue weighted by Crippen LogP contribution is 2.41. The number of non-ortho nitro benzene ring substituents is 1. The highest BCUT2D eigenvalue weighted by molar-refractivity contribution is 9.10. The lowest BCUT2D eigenvalue weighted by molar-refractivity contribution is -0.384. The Morgan fingerprint density at radius 2 is 1.68 bits per heavy atom. The molecule has 0 aliphatic carbocycles. The van der Waals surface area contributed by atoms with Crippen molar-refractivity contribution in [3.05, 3.63) is 125 Å². The molecule has 224 valence electrons. The first-order valence-corrected chi connectivity index (χ1v) is 15.5. The normalized spacial score (nSPS) is 14.9. The Morgan fingerprint density at radius 3 is 2.32 bits per heavy atom. The number of methoxy groups -OCH3 is 1. The topological polar surface area (TPSA) is 94.3 Å². The summed E-state index contributed by atoms with van der Waals surface area (Å²) >= 11 is 17.6. The Bertz CT molecular complexity index is 1850. The lowest BCUT2D eigenvalue weighted by Crippen LogP contribution is -2.28. The molecule has 4 aromatic rings. The predicted molar refractivity (Wildman–Crippen MR) is 181 cm³/mol. The third-order valence-electron chi connectivity index (χ3n) is 6.68. The van der Waals surface area contributed by atoms with Crippen LogP contribution in [0.3, 0.4) is 0 Å². The summed E-state index contributed by atoms with van der Waals surface area (Å²) < 4.78 is 12.2. The largest absolute Gasteiger partial charge is 0.493 e. The van der Waals surface area contributed by atoms with Gasteiger partial charge in [-0.25, -0.2) is 4.99 Å². The fourth-order valence-electron chi connectivity index (χ4n) is 4.24. The van der Waals surface area contributed by atoms with E-state index in [4.69, 9.17) is 37.7 Å². The van der Waals surface area contributed by atoms with Gasteiger partial charge in [-0.05, 0) is 118 Å². The maximum absolute atomic E-state index is 13.8.